The van der Waals surface area contributed by atoms with Crippen molar-refractivity contribution in [3.05, 3.63) is 0 Å². The fourth-order valence-corrected chi connectivity index (χ4v) is 2.57. The SMILES string of the molecule is CC(C)(C)CC(N)CC(=O)N1CCC(C)(C)CC1. The summed E-state index contributed by atoms with van der Waals surface area (Å²) >= 11 is 0. The quantitative estimate of drug-likeness (QED) is 0.842. The Morgan fingerprint density at radius 1 is 1.28 bits per heavy atom. The van der Waals surface area contributed by atoms with E-state index in [1.54, 1.807) is 0 Å². The standard InChI is InChI=1S/C15H30N2O/c1-14(2,3)11-12(16)10-13(18)17-8-6-15(4,5)7-9-17/h12H,6-11,16H2,1-5H3. The van der Waals surface area contributed by atoms with Crippen LogP contribution in [0, 0.1) is 10.8 Å². The summed E-state index contributed by atoms with van der Waals surface area (Å²) in [5.41, 5.74) is 6.66. The summed E-state index contributed by atoms with van der Waals surface area (Å²) in [4.78, 5) is 14.1. The van der Waals surface area contributed by atoms with E-state index in [-0.39, 0.29) is 17.4 Å². The van der Waals surface area contributed by atoms with E-state index in [1.165, 1.54) is 0 Å². The van der Waals surface area contributed by atoms with Gasteiger partial charge in [0, 0.05) is 25.6 Å². The molecular formula is C15H30N2O. The Hall–Kier alpha value is -0.570. The van der Waals surface area contributed by atoms with Crippen molar-refractivity contribution in [1.29, 1.82) is 0 Å². The lowest BCUT2D eigenvalue weighted by Crippen LogP contribution is -2.43. The second kappa shape index (κ2) is 5.60. The van der Waals surface area contributed by atoms with Crippen molar-refractivity contribution in [2.75, 3.05) is 13.1 Å². The highest BCUT2D eigenvalue weighted by Crippen LogP contribution is 2.30. The number of likely N-dealkylation sites (tertiary alicyclic amines) is 1. The first-order valence-corrected chi connectivity index (χ1v) is 7.12. The van der Waals surface area contributed by atoms with E-state index in [0.717, 1.165) is 32.4 Å². The molecule has 1 aliphatic heterocycles. The fraction of sp³-hybridized carbons (Fsp3) is 0.933. The summed E-state index contributed by atoms with van der Waals surface area (Å²) in [7, 11) is 0. The van der Waals surface area contributed by atoms with E-state index in [4.69, 9.17) is 5.73 Å². The maximum atomic E-state index is 12.2. The van der Waals surface area contributed by atoms with Crippen molar-refractivity contribution in [2.24, 2.45) is 16.6 Å². The van der Waals surface area contributed by atoms with Gasteiger partial charge in [0.25, 0.3) is 0 Å². The lowest BCUT2D eigenvalue weighted by molar-refractivity contribution is -0.133. The van der Waals surface area contributed by atoms with Gasteiger partial charge in [-0.3, -0.25) is 4.79 Å². The zero-order valence-corrected chi connectivity index (χ0v) is 12.8. The first-order valence-electron chi connectivity index (χ1n) is 7.12. The van der Waals surface area contributed by atoms with Crippen LogP contribution in [0.3, 0.4) is 0 Å². The zero-order chi connectivity index (χ0) is 14.0. The minimum absolute atomic E-state index is 0.00700. The predicted molar refractivity (Wildman–Crippen MR) is 76.3 cm³/mol. The summed E-state index contributed by atoms with van der Waals surface area (Å²) in [5, 5.41) is 0. The third kappa shape index (κ3) is 5.38. The largest absolute Gasteiger partial charge is 0.343 e. The predicted octanol–water partition coefficient (Wildman–Crippen LogP) is 2.79. The number of hydrogen-bond acceptors (Lipinski definition) is 2. The Balaban J connectivity index is 2.38. The highest BCUT2D eigenvalue weighted by molar-refractivity contribution is 5.76. The van der Waals surface area contributed by atoms with Gasteiger partial charge < -0.3 is 10.6 Å². The van der Waals surface area contributed by atoms with Crippen LogP contribution in [0.5, 0.6) is 0 Å². The molecule has 0 aromatic carbocycles. The number of rotatable bonds is 3. The molecule has 0 aromatic rings. The maximum absolute atomic E-state index is 12.2. The van der Waals surface area contributed by atoms with Crippen molar-refractivity contribution < 1.29 is 4.79 Å². The third-order valence-electron chi connectivity index (χ3n) is 3.78. The van der Waals surface area contributed by atoms with E-state index < -0.39 is 0 Å². The summed E-state index contributed by atoms with van der Waals surface area (Å²) < 4.78 is 0. The Morgan fingerprint density at radius 2 is 1.78 bits per heavy atom. The maximum Gasteiger partial charge on any atom is 0.224 e. The van der Waals surface area contributed by atoms with Gasteiger partial charge in [0.2, 0.25) is 5.91 Å². The second-order valence-corrected chi connectivity index (χ2v) is 7.77. The van der Waals surface area contributed by atoms with Crippen LogP contribution >= 0.6 is 0 Å². The molecule has 0 bridgehead atoms. The van der Waals surface area contributed by atoms with Gasteiger partial charge in [-0.25, -0.2) is 0 Å². The van der Waals surface area contributed by atoms with E-state index in [9.17, 15) is 4.79 Å². The van der Waals surface area contributed by atoms with Crippen molar-refractivity contribution in [2.45, 2.75) is 66.3 Å². The van der Waals surface area contributed by atoms with E-state index in [2.05, 4.69) is 34.6 Å². The molecule has 3 heteroatoms. The fourth-order valence-electron chi connectivity index (χ4n) is 2.57. The summed E-state index contributed by atoms with van der Waals surface area (Å²) in [6, 6.07) is -0.00700. The summed E-state index contributed by atoms with van der Waals surface area (Å²) in [5.74, 6) is 0.238. The van der Waals surface area contributed by atoms with Gasteiger partial charge in [-0.15, -0.1) is 0 Å². The van der Waals surface area contributed by atoms with Gasteiger partial charge >= 0.3 is 0 Å². The monoisotopic (exact) mass is 254 g/mol. The molecule has 0 spiro atoms. The molecule has 0 saturated carbocycles. The highest BCUT2D eigenvalue weighted by atomic mass is 16.2. The van der Waals surface area contributed by atoms with E-state index in [0.29, 0.717) is 11.8 Å². The van der Waals surface area contributed by atoms with Crippen molar-refractivity contribution in [1.82, 2.24) is 4.90 Å². The molecule has 0 radical (unpaired) electrons. The molecule has 1 rings (SSSR count). The highest BCUT2D eigenvalue weighted by Gasteiger charge is 2.28. The molecule has 1 heterocycles. The molecule has 0 aromatic heterocycles. The minimum atomic E-state index is -0.00700. The molecule has 106 valence electrons. The van der Waals surface area contributed by atoms with Gasteiger partial charge in [0.05, 0.1) is 0 Å². The lowest BCUT2D eigenvalue weighted by atomic mass is 9.82. The Labute approximate surface area is 112 Å². The molecule has 1 unspecified atom stereocenters. The van der Waals surface area contributed by atoms with Crippen LogP contribution in [-0.2, 0) is 4.79 Å². The van der Waals surface area contributed by atoms with Crippen molar-refractivity contribution in [3.8, 4) is 0 Å². The molecule has 1 fully saturated rings. The lowest BCUT2D eigenvalue weighted by Gasteiger charge is -2.37. The number of piperidine rings is 1. The van der Waals surface area contributed by atoms with Gasteiger partial charge in [-0.1, -0.05) is 34.6 Å². The summed E-state index contributed by atoms with van der Waals surface area (Å²) in [6.45, 7) is 12.9. The number of nitrogens with two attached hydrogens (primary N) is 1. The number of hydrogen-bond donors (Lipinski definition) is 1. The minimum Gasteiger partial charge on any atom is -0.343 e. The Kier molecular flexibility index (Phi) is 4.82. The van der Waals surface area contributed by atoms with Crippen LogP contribution in [0.1, 0.15) is 60.3 Å². The molecule has 2 N–H and O–H groups in total. The van der Waals surface area contributed by atoms with Crippen molar-refractivity contribution >= 4 is 5.91 Å². The topological polar surface area (TPSA) is 46.3 Å². The number of nitrogens with zero attached hydrogens (tertiary/aromatic N) is 1. The smallest absolute Gasteiger partial charge is 0.224 e. The molecule has 1 aliphatic rings. The summed E-state index contributed by atoms with van der Waals surface area (Å²) in [6.07, 6.45) is 3.61. The molecule has 1 saturated heterocycles. The van der Waals surface area contributed by atoms with Crippen LogP contribution in [0.25, 0.3) is 0 Å². The van der Waals surface area contributed by atoms with Gasteiger partial charge in [0.15, 0.2) is 0 Å². The van der Waals surface area contributed by atoms with Gasteiger partial charge in [-0.05, 0) is 30.1 Å². The Bertz CT molecular complexity index is 281. The molecule has 0 aliphatic carbocycles. The molecule has 1 amide bonds. The Morgan fingerprint density at radius 3 is 2.22 bits per heavy atom. The van der Waals surface area contributed by atoms with E-state index >= 15 is 0 Å². The average Bonchev–Trinajstić information content (AvgIpc) is 2.13. The number of carbonyl (C=O) groups excluding carboxylic acids is 1. The normalized spacial score (nSPS) is 21.8. The average molecular weight is 254 g/mol. The molecular weight excluding hydrogens is 224 g/mol. The van der Waals surface area contributed by atoms with Crippen LogP contribution in [0.4, 0.5) is 0 Å². The van der Waals surface area contributed by atoms with Gasteiger partial charge in [-0.2, -0.15) is 0 Å². The van der Waals surface area contributed by atoms with E-state index in [1.807, 2.05) is 4.90 Å². The number of amides is 1. The second-order valence-electron chi connectivity index (χ2n) is 7.77. The third-order valence-corrected chi connectivity index (χ3v) is 3.78. The van der Waals surface area contributed by atoms with Crippen molar-refractivity contribution in [3.63, 3.8) is 0 Å². The molecule has 3 nitrogen and oxygen atoms in total. The zero-order valence-electron chi connectivity index (χ0n) is 12.8. The first-order chi connectivity index (χ1) is 8.09. The van der Waals surface area contributed by atoms with Crippen LogP contribution in [0.2, 0.25) is 0 Å². The first kappa shape index (κ1) is 15.5. The van der Waals surface area contributed by atoms with Gasteiger partial charge in [0.1, 0.15) is 0 Å². The van der Waals surface area contributed by atoms with Crippen LogP contribution in [0.15, 0.2) is 0 Å². The molecule has 18 heavy (non-hydrogen) atoms. The van der Waals surface area contributed by atoms with Crippen LogP contribution in [-0.4, -0.2) is 29.9 Å². The number of carbonyl (C=O) groups is 1. The van der Waals surface area contributed by atoms with Crippen LogP contribution < -0.4 is 5.73 Å². The molecule has 1 atom stereocenters.